The number of thioether (sulfide) groups is 1. The maximum Gasteiger partial charge on any atom is 0.190 e. The van der Waals surface area contributed by atoms with Crippen molar-refractivity contribution in [3.8, 4) is 0 Å². The van der Waals surface area contributed by atoms with Gasteiger partial charge in [0.25, 0.3) is 0 Å². The highest BCUT2D eigenvalue weighted by Crippen LogP contribution is 2.19. The maximum atomic E-state index is 13.2. The first-order valence-electron chi connectivity index (χ1n) is 7.43. The fourth-order valence-corrected chi connectivity index (χ4v) is 2.76. The SMILES string of the molecule is CN=C(NCCCSC)NCCc1c[nH]c2cc(F)ccc12.I. The molecule has 7 heteroatoms. The van der Waals surface area contributed by atoms with E-state index in [1.165, 1.54) is 17.7 Å². The number of aromatic nitrogens is 1. The summed E-state index contributed by atoms with van der Waals surface area (Å²) in [5.41, 5.74) is 2.02. The van der Waals surface area contributed by atoms with Gasteiger partial charge in [0.1, 0.15) is 5.82 Å². The van der Waals surface area contributed by atoms with Gasteiger partial charge in [0, 0.05) is 37.2 Å². The standard InChI is InChI=1S/C16H23FN4S.HI/c1-18-16(19-7-3-9-22-2)20-8-6-12-11-21-15-10-13(17)4-5-14(12)15;/h4-5,10-11,21H,3,6-9H2,1-2H3,(H2,18,19,20);1H. The van der Waals surface area contributed by atoms with Gasteiger partial charge in [-0.2, -0.15) is 11.8 Å². The summed E-state index contributed by atoms with van der Waals surface area (Å²) in [6.45, 7) is 1.71. The van der Waals surface area contributed by atoms with Gasteiger partial charge in [-0.25, -0.2) is 4.39 Å². The van der Waals surface area contributed by atoms with Gasteiger partial charge in [0.2, 0.25) is 0 Å². The van der Waals surface area contributed by atoms with Gasteiger partial charge >= 0.3 is 0 Å². The lowest BCUT2D eigenvalue weighted by Gasteiger charge is -2.11. The first-order chi connectivity index (χ1) is 10.7. The summed E-state index contributed by atoms with van der Waals surface area (Å²) in [4.78, 5) is 7.32. The summed E-state index contributed by atoms with van der Waals surface area (Å²) in [5, 5.41) is 7.68. The molecular weight excluding hydrogens is 426 g/mol. The average Bonchev–Trinajstić information content (AvgIpc) is 2.92. The van der Waals surface area contributed by atoms with E-state index in [0.29, 0.717) is 0 Å². The van der Waals surface area contributed by atoms with Crippen LogP contribution in [0, 0.1) is 5.82 Å². The Labute approximate surface area is 158 Å². The lowest BCUT2D eigenvalue weighted by Crippen LogP contribution is -2.38. The number of H-pyrrole nitrogens is 1. The topological polar surface area (TPSA) is 52.2 Å². The van der Waals surface area contributed by atoms with Crippen LogP contribution in [0.4, 0.5) is 4.39 Å². The van der Waals surface area contributed by atoms with Crippen molar-refractivity contribution in [2.24, 2.45) is 4.99 Å². The predicted molar refractivity (Wildman–Crippen MR) is 110 cm³/mol. The zero-order valence-corrected chi connectivity index (χ0v) is 16.6. The molecule has 0 aliphatic carbocycles. The summed E-state index contributed by atoms with van der Waals surface area (Å²) >= 11 is 1.85. The molecule has 0 unspecified atom stereocenters. The van der Waals surface area contributed by atoms with Crippen LogP contribution in [0.2, 0.25) is 0 Å². The van der Waals surface area contributed by atoms with Crippen LogP contribution in [0.3, 0.4) is 0 Å². The second kappa shape index (κ2) is 10.7. The second-order valence-electron chi connectivity index (χ2n) is 5.03. The lowest BCUT2D eigenvalue weighted by atomic mass is 10.1. The van der Waals surface area contributed by atoms with E-state index in [1.807, 2.05) is 24.0 Å². The van der Waals surface area contributed by atoms with Crippen molar-refractivity contribution in [1.82, 2.24) is 15.6 Å². The summed E-state index contributed by atoms with van der Waals surface area (Å²) in [5.74, 6) is 1.76. The molecule has 4 nitrogen and oxygen atoms in total. The Morgan fingerprint density at radius 1 is 1.30 bits per heavy atom. The van der Waals surface area contributed by atoms with Crippen molar-refractivity contribution in [1.29, 1.82) is 0 Å². The van der Waals surface area contributed by atoms with E-state index >= 15 is 0 Å². The minimum absolute atomic E-state index is 0. The quantitative estimate of drug-likeness (QED) is 0.263. The molecule has 3 N–H and O–H groups in total. The van der Waals surface area contributed by atoms with Crippen molar-refractivity contribution in [2.45, 2.75) is 12.8 Å². The zero-order chi connectivity index (χ0) is 15.8. The highest BCUT2D eigenvalue weighted by molar-refractivity contribution is 14.0. The number of hydrogen-bond donors (Lipinski definition) is 3. The van der Waals surface area contributed by atoms with Gasteiger partial charge in [-0.15, -0.1) is 24.0 Å². The van der Waals surface area contributed by atoms with Crippen molar-refractivity contribution in [3.05, 3.63) is 35.8 Å². The molecule has 0 fully saturated rings. The molecule has 23 heavy (non-hydrogen) atoms. The second-order valence-corrected chi connectivity index (χ2v) is 6.01. The third-order valence-electron chi connectivity index (χ3n) is 3.46. The molecule has 2 aromatic rings. The highest BCUT2D eigenvalue weighted by atomic mass is 127. The number of halogens is 2. The number of benzene rings is 1. The Balaban J connectivity index is 0.00000264. The van der Waals surface area contributed by atoms with E-state index in [4.69, 9.17) is 0 Å². The van der Waals surface area contributed by atoms with Gasteiger partial charge in [-0.05, 0) is 48.6 Å². The molecule has 0 saturated carbocycles. The summed E-state index contributed by atoms with van der Waals surface area (Å²) < 4.78 is 13.2. The molecule has 2 rings (SSSR count). The number of fused-ring (bicyclic) bond motifs is 1. The lowest BCUT2D eigenvalue weighted by molar-refractivity contribution is 0.629. The van der Waals surface area contributed by atoms with Crippen LogP contribution < -0.4 is 10.6 Å². The van der Waals surface area contributed by atoms with Crippen LogP contribution in [-0.2, 0) is 6.42 Å². The van der Waals surface area contributed by atoms with Crippen LogP contribution in [0.25, 0.3) is 10.9 Å². The number of rotatable bonds is 7. The van der Waals surface area contributed by atoms with E-state index in [1.54, 1.807) is 7.05 Å². The van der Waals surface area contributed by atoms with Crippen LogP contribution in [0.5, 0.6) is 0 Å². The Kier molecular flexibility index (Phi) is 9.39. The fraction of sp³-hybridized carbons (Fsp3) is 0.438. The largest absolute Gasteiger partial charge is 0.361 e. The molecule has 0 atom stereocenters. The van der Waals surface area contributed by atoms with Gasteiger partial charge in [-0.1, -0.05) is 0 Å². The van der Waals surface area contributed by atoms with E-state index in [2.05, 4.69) is 26.9 Å². The fourth-order valence-electron chi connectivity index (χ4n) is 2.32. The molecule has 1 aromatic heterocycles. The minimum atomic E-state index is -0.214. The number of guanidine groups is 1. The average molecular weight is 450 g/mol. The molecule has 0 bridgehead atoms. The molecule has 1 heterocycles. The van der Waals surface area contributed by atoms with Crippen LogP contribution >= 0.6 is 35.7 Å². The summed E-state index contributed by atoms with van der Waals surface area (Å²) in [6, 6.07) is 4.85. The monoisotopic (exact) mass is 450 g/mol. The number of aliphatic imine (C=N–C) groups is 1. The molecule has 0 aliphatic rings. The number of aromatic amines is 1. The molecule has 0 radical (unpaired) electrons. The first-order valence-corrected chi connectivity index (χ1v) is 8.83. The minimum Gasteiger partial charge on any atom is -0.361 e. The Bertz CT molecular complexity index is 630. The molecule has 1 aromatic carbocycles. The molecule has 0 amide bonds. The highest BCUT2D eigenvalue weighted by Gasteiger charge is 2.05. The van der Waals surface area contributed by atoms with E-state index in [9.17, 15) is 4.39 Å². The van der Waals surface area contributed by atoms with Gasteiger partial charge < -0.3 is 15.6 Å². The van der Waals surface area contributed by atoms with Gasteiger partial charge in [0.05, 0.1) is 0 Å². The third kappa shape index (κ3) is 6.21. The molecule has 128 valence electrons. The van der Waals surface area contributed by atoms with Crippen molar-refractivity contribution < 1.29 is 4.39 Å². The Hall–Kier alpha value is -0.960. The van der Waals surface area contributed by atoms with E-state index in [-0.39, 0.29) is 29.8 Å². The van der Waals surface area contributed by atoms with Crippen molar-refractivity contribution in [2.75, 3.05) is 32.1 Å². The molecule has 0 aliphatic heterocycles. The zero-order valence-electron chi connectivity index (χ0n) is 13.5. The normalized spacial score (nSPS) is 11.3. The summed E-state index contributed by atoms with van der Waals surface area (Å²) in [6.07, 6.45) is 6.04. The Morgan fingerprint density at radius 2 is 2.09 bits per heavy atom. The third-order valence-corrected chi connectivity index (χ3v) is 4.15. The van der Waals surface area contributed by atoms with Crippen molar-refractivity contribution in [3.63, 3.8) is 0 Å². The molecule has 0 spiro atoms. The predicted octanol–water partition coefficient (Wildman–Crippen LogP) is 3.39. The molecule has 0 saturated heterocycles. The first kappa shape index (κ1) is 20.1. The number of nitrogens with one attached hydrogen (secondary N) is 3. The number of nitrogens with zero attached hydrogens (tertiary/aromatic N) is 1. The summed E-state index contributed by atoms with van der Waals surface area (Å²) in [7, 11) is 1.78. The number of hydrogen-bond acceptors (Lipinski definition) is 2. The smallest absolute Gasteiger partial charge is 0.190 e. The van der Waals surface area contributed by atoms with Crippen molar-refractivity contribution >= 4 is 52.6 Å². The molecular formula is C16H24FIN4S. The van der Waals surface area contributed by atoms with E-state index in [0.717, 1.165) is 48.5 Å². The van der Waals surface area contributed by atoms with Crippen LogP contribution in [0.1, 0.15) is 12.0 Å². The van der Waals surface area contributed by atoms with E-state index < -0.39 is 0 Å². The maximum absolute atomic E-state index is 13.2. The van der Waals surface area contributed by atoms with Gasteiger partial charge in [-0.3, -0.25) is 4.99 Å². The van der Waals surface area contributed by atoms with Crippen LogP contribution in [0.15, 0.2) is 29.4 Å². The van der Waals surface area contributed by atoms with Crippen LogP contribution in [-0.4, -0.2) is 43.1 Å². The van der Waals surface area contributed by atoms with Gasteiger partial charge in [0.15, 0.2) is 5.96 Å². The Morgan fingerprint density at radius 3 is 2.83 bits per heavy atom.